The Morgan fingerprint density at radius 2 is 2.40 bits per heavy atom. The predicted octanol–water partition coefficient (Wildman–Crippen LogP) is 3.14. The molecule has 1 aliphatic rings. The molecule has 0 amide bonds. The molecule has 54 valence electrons. The molecular formula is C9H11F. The standard InChI is InChI=1S/C9H11F/c1-2-8-5-3-4-6-9(10)7-8/h4-7H,2-3H2,1H3. The van der Waals surface area contributed by atoms with Crippen molar-refractivity contribution in [2.45, 2.75) is 19.8 Å². The molecule has 1 aliphatic carbocycles. The topological polar surface area (TPSA) is 0 Å². The lowest BCUT2D eigenvalue weighted by molar-refractivity contribution is 0.665. The third-order valence-electron chi connectivity index (χ3n) is 1.52. The normalized spacial score (nSPS) is 17.8. The first-order valence-corrected chi connectivity index (χ1v) is 3.55. The zero-order chi connectivity index (χ0) is 7.40. The Bertz CT molecular complexity index is 197. The zero-order valence-corrected chi connectivity index (χ0v) is 6.10. The maximum absolute atomic E-state index is 12.6. The van der Waals surface area contributed by atoms with Gasteiger partial charge in [0.2, 0.25) is 0 Å². The molecule has 0 atom stereocenters. The number of allylic oxidation sites excluding steroid dienone is 6. The lowest BCUT2D eigenvalue weighted by atomic mass is 10.2. The number of halogens is 1. The van der Waals surface area contributed by atoms with Crippen LogP contribution < -0.4 is 0 Å². The van der Waals surface area contributed by atoms with Crippen molar-refractivity contribution in [3.63, 3.8) is 0 Å². The largest absolute Gasteiger partial charge is 0.207 e. The van der Waals surface area contributed by atoms with Crippen molar-refractivity contribution in [3.05, 3.63) is 35.7 Å². The summed E-state index contributed by atoms with van der Waals surface area (Å²) in [6.07, 6.45) is 8.74. The summed E-state index contributed by atoms with van der Waals surface area (Å²) < 4.78 is 12.6. The fourth-order valence-corrected chi connectivity index (χ4v) is 0.931. The number of hydrogen-bond acceptors (Lipinski definition) is 0. The second-order valence-electron chi connectivity index (χ2n) is 2.30. The van der Waals surface area contributed by atoms with Gasteiger partial charge in [-0.05, 0) is 30.6 Å². The first kappa shape index (κ1) is 7.26. The summed E-state index contributed by atoms with van der Waals surface area (Å²) in [6, 6.07) is 0. The Hall–Kier alpha value is -0.850. The Balaban J connectivity index is 2.77. The highest BCUT2D eigenvalue weighted by atomic mass is 19.1. The molecule has 0 unspecified atom stereocenters. The van der Waals surface area contributed by atoms with Crippen LogP contribution in [-0.2, 0) is 0 Å². The van der Waals surface area contributed by atoms with E-state index < -0.39 is 0 Å². The second kappa shape index (κ2) is 3.35. The second-order valence-corrected chi connectivity index (χ2v) is 2.30. The summed E-state index contributed by atoms with van der Waals surface area (Å²) in [4.78, 5) is 0. The van der Waals surface area contributed by atoms with Gasteiger partial charge in [-0.2, -0.15) is 0 Å². The van der Waals surface area contributed by atoms with E-state index in [9.17, 15) is 4.39 Å². The maximum Gasteiger partial charge on any atom is 0.123 e. The number of hydrogen-bond donors (Lipinski definition) is 0. The predicted molar refractivity (Wildman–Crippen MR) is 41.3 cm³/mol. The molecule has 0 spiro atoms. The summed E-state index contributed by atoms with van der Waals surface area (Å²) >= 11 is 0. The summed E-state index contributed by atoms with van der Waals surface area (Å²) in [6.45, 7) is 2.03. The van der Waals surface area contributed by atoms with E-state index in [0.29, 0.717) is 0 Å². The van der Waals surface area contributed by atoms with Crippen LogP contribution in [0.2, 0.25) is 0 Å². The van der Waals surface area contributed by atoms with Crippen LogP contribution in [0, 0.1) is 0 Å². The zero-order valence-electron chi connectivity index (χ0n) is 6.10. The molecule has 0 N–H and O–H groups in total. The first-order chi connectivity index (χ1) is 4.83. The van der Waals surface area contributed by atoms with Gasteiger partial charge >= 0.3 is 0 Å². The van der Waals surface area contributed by atoms with Gasteiger partial charge in [-0.1, -0.05) is 19.1 Å². The minimum atomic E-state index is -0.134. The van der Waals surface area contributed by atoms with Gasteiger partial charge in [-0.25, -0.2) is 4.39 Å². The molecule has 0 aromatic heterocycles. The molecule has 1 rings (SSSR count). The van der Waals surface area contributed by atoms with Crippen molar-refractivity contribution in [2.24, 2.45) is 0 Å². The first-order valence-electron chi connectivity index (χ1n) is 3.55. The lowest BCUT2D eigenvalue weighted by Gasteiger charge is -1.92. The van der Waals surface area contributed by atoms with Crippen LogP contribution >= 0.6 is 0 Å². The molecule has 0 nitrogen and oxygen atoms in total. The van der Waals surface area contributed by atoms with Crippen LogP contribution in [0.3, 0.4) is 0 Å². The molecule has 0 heterocycles. The highest BCUT2D eigenvalue weighted by Crippen LogP contribution is 2.13. The van der Waals surface area contributed by atoms with Crippen molar-refractivity contribution >= 4 is 0 Å². The van der Waals surface area contributed by atoms with E-state index in [2.05, 4.69) is 0 Å². The molecular weight excluding hydrogens is 127 g/mol. The van der Waals surface area contributed by atoms with E-state index in [0.717, 1.165) is 18.4 Å². The molecule has 1 heteroatoms. The van der Waals surface area contributed by atoms with Crippen LogP contribution in [0.25, 0.3) is 0 Å². The van der Waals surface area contributed by atoms with Crippen molar-refractivity contribution in [3.8, 4) is 0 Å². The molecule has 0 aromatic carbocycles. The van der Waals surface area contributed by atoms with Gasteiger partial charge in [0.25, 0.3) is 0 Å². The molecule has 0 bridgehead atoms. The molecule has 10 heavy (non-hydrogen) atoms. The Kier molecular flexibility index (Phi) is 2.43. The van der Waals surface area contributed by atoms with Gasteiger partial charge in [0.1, 0.15) is 5.83 Å². The highest BCUT2D eigenvalue weighted by Gasteiger charge is 1.95. The van der Waals surface area contributed by atoms with E-state index in [1.807, 2.05) is 19.1 Å². The van der Waals surface area contributed by atoms with Gasteiger partial charge in [0.15, 0.2) is 0 Å². The molecule has 0 saturated carbocycles. The van der Waals surface area contributed by atoms with E-state index in [1.54, 1.807) is 6.08 Å². The van der Waals surface area contributed by atoms with Crippen LogP contribution in [0.4, 0.5) is 4.39 Å². The van der Waals surface area contributed by atoms with Crippen LogP contribution in [-0.4, -0.2) is 0 Å². The molecule has 0 aromatic rings. The van der Waals surface area contributed by atoms with Gasteiger partial charge in [-0.3, -0.25) is 0 Å². The molecule has 0 saturated heterocycles. The minimum absolute atomic E-state index is 0.134. The average molecular weight is 138 g/mol. The van der Waals surface area contributed by atoms with E-state index >= 15 is 0 Å². The smallest absolute Gasteiger partial charge is 0.123 e. The Morgan fingerprint density at radius 3 is 3.10 bits per heavy atom. The van der Waals surface area contributed by atoms with Crippen molar-refractivity contribution in [2.75, 3.05) is 0 Å². The van der Waals surface area contributed by atoms with Gasteiger partial charge in [0.05, 0.1) is 0 Å². The highest BCUT2D eigenvalue weighted by molar-refractivity contribution is 5.29. The fourth-order valence-electron chi connectivity index (χ4n) is 0.931. The monoisotopic (exact) mass is 138 g/mol. The van der Waals surface area contributed by atoms with Gasteiger partial charge < -0.3 is 0 Å². The van der Waals surface area contributed by atoms with Crippen molar-refractivity contribution in [1.29, 1.82) is 0 Å². The molecule has 0 aliphatic heterocycles. The van der Waals surface area contributed by atoms with Gasteiger partial charge in [0, 0.05) is 0 Å². The van der Waals surface area contributed by atoms with Crippen LogP contribution in [0.5, 0.6) is 0 Å². The SMILES string of the molecule is CCC1=CCC=CC(F)=C1. The van der Waals surface area contributed by atoms with Crippen LogP contribution in [0.1, 0.15) is 19.8 Å². The fraction of sp³-hybridized carbons (Fsp3) is 0.333. The van der Waals surface area contributed by atoms with E-state index in [4.69, 9.17) is 0 Å². The summed E-state index contributed by atoms with van der Waals surface area (Å²) in [7, 11) is 0. The summed E-state index contributed by atoms with van der Waals surface area (Å²) in [5, 5.41) is 0. The van der Waals surface area contributed by atoms with E-state index in [-0.39, 0.29) is 5.83 Å². The summed E-state index contributed by atoms with van der Waals surface area (Å²) in [5.74, 6) is -0.134. The third kappa shape index (κ3) is 1.83. The average Bonchev–Trinajstić information content (AvgIpc) is 2.13. The quantitative estimate of drug-likeness (QED) is 0.522. The molecule has 0 radical (unpaired) electrons. The number of rotatable bonds is 1. The third-order valence-corrected chi connectivity index (χ3v) is 1.52. The van der Waals surface area contributed by atoms with Crippen LogP contribution in [0.15, 0.2) is 35.7 Å². The minimum Gasteiger partial charge on any atom is -0.207 e. The summed E-state index contributed by atoms with van der Waals surface area (Å²) in [5.41, 5.74) is 1.09. The van der Waals surface area contributed by atoms with E-state index in [1.165, 1.54) is 6.08 Å². The Labute approximate surface area is 60.7 Å². The van der Waals surface area contributed by atoms with Crippen molar-refractivity contribution < 1.29 is 4.39 Å². The molecule has 0 fully saturated rings. The lowest BCUT2D eigenvalue weighted by Crippen LogP contribution is -1.73. The maximum atomic E-state index is 12.6. The van der Waals surface area contributed by atoms with Gasteiger partial charge in [-0.15, -0.1) is 0 Å². The van der Waals surface area contributed by atoms with Crippen molar-refractivity contribution in [1.82, 2.24) is 0 Å². The Morgan fingerprint density at radius 1 is 1.60 bits per heavy atom.